The summed E-state index contributed by atoms with van der Waals surface area (Å²) in [6.07, 6.45) is 3.07. The highest BCUT2D eigenvalue weighted by molar-refractivity contribution is 5.67. The van der Waals surface area contributed by atoms with Crippen LogP contribution in [0.25, 0.3) is 22.6 Å². The highest BCUT2D eigenvalue weighted by Crippen LogP contribution is 2.30. The Hall–Kier alpha value is -2.48. The topological polar surface area (TPSA) is 25.8 Å². The first kappa shape index (κ1) is 14.5. The summed E-state index contributed by atoms with van der Waals surface area (Å²) >= 11 is 0. The maximum atomic E-state index is 4.87. The Morgan fingerprint density at radius 3 is 2.05 bits per heavy atom. The number of aromatic nitrogens is 2. The van der Waals surface area contributed by atoms with E-state index in [0.29, 0.717) is 5.92 Å². The standard InChI is InChI=1S/C20H20N2/c1-3-15(2)18-14-21-20(17-12-8-5-9-13-17)22-19(18)16-10-6-4-7-11-16/h4-15H,3H2,1-2H3. The second kappa shape index (κ2) is 6.52. The molecule has 0 saturated heterocycles. The first-order chi connectivity index (χ1) is 10.8. The van der Waals surface area contributed by atoms with E-state index in [1.807, 2.05) is 42.6 Å². The monoisotopic (exact) mass is 288 g/mol. The number of nitrogens with zero attached hydrogens (tertiary/aromatic N) is 2. The molecule has 2 aromatic carbocycles. The van der Waals surface area contributed by atoms with Crippen molar-refractivity contribution in [1.29, 1.82) is 0 Å². The first-order valence-corrected chi connectivity index (χ1v) is 7.77. The first-order valence-electron chi connectivity index (χ1n) is 7.77. The van der Waals surface area contributed by atoms with E-state index in [4.69, 9.17) is 4.98 Å². The number of hydrogen-bond donors (Lipinski definition) is 0. The molecule has 1 heterocycles. The molecule has 0 aliphatic rings. The second-order valence-corrected chi connectivity index (χ2v) is 5.54. The van der Waals surface area contributed by atoms with E-state index in [-0.39, 0.29) is 0 Å². The molecule has 0 N–H and O–H groups in total. The maximum Gasteiger partial charge on any atom is 0.159 e. The molecule has 0 bridgehead atoms. The largest absolute Gasteiger partial charge is 0.236 e. The fourth-order valence-electron chi connectivity index (χ4n) is 2.53. The van der Waals surface area contributed by atoms with Gasteiger partial charge >= 0.3 is 0 Å². The van der Waals surface area contributed by atoms with Crippen LogP contribution in [0.3, 0.4) is 0 Å². The van der Waals surface area contributed by atoms with Gasteiger partial charge in [0, 0.05) is 17.3 Å². The maximum absolute atomic E-state index is 4.87. The van der Waals surface area contributed by atoms with Gasteiger partial charge in [0.25, 0.3) is 0 Å². The highest BCUT2D eigenvalue weighted by atomic mass is 14.9. The molecule has 2 nitrogen and oxygen atoms in total. The van der Waals surface area contributed by atoms with Gasteiger partial charge in [-0.15, -0.1) is 0 Å². The molecule has 0 amide bonds. The van der Waals surface area contributed by atoms with Crippen LogP contribution in [0.4, 0.5) is 0 Å². The van der Waals surface area contributed by atoms with E-state index in [9.17, 15) is 0 Å². The van der Waals surface area contributed by atoms with Crippen molar-refractivity contribution >= 4 is 0 Å². The van der Waals surface area contributed by atoms with Crippen LogP contribution in [0.1, 0.15) is 31.7 Å². The predicted molar refractivity (Wildman–Crippen MR) is 91.6 cm³/mol. The van der Waals surface area contributed by atoms with Crippen LogP contribution >= 0.6 is 0 Å². The fraction of sp³-hybridized carbons (Fsp3) is 0.200. The normalized spacial score (nSPS) is 12.1. The van der Waals surface area contributed by atoms with Gasteiger partial charge in [-0.3, -0.25) is 0 Å². The number of benzene rings is 2. The summed E-state index contributed by atoms with van der Waals surface area (Å²) in [5, 5.41) is 0. The van der Waals surface area contributed by atoms with Gasteiger partial charge in [-0.25, -0.2) is 9.97 Å². The van der Waals surface area contributed by atoms with Crippen molar-refractivity contribution in [3.05, 3.63) is 72.4 Å². The molecule has 3 rings (SSSR count). The lowest BCUT2D eigenvalue weighted by Gasteiger charge is -2.15. The predicted octanol–water partition coefficient (Wildman–Crippen LogP) is 5.32. The Kier molecular flexibility index (Phi) is 4.29. The van der Waals surface area contributed by atoms with Crippen molar-refractivity contribution in [2.24, 2.45) is 0 Å². The minimum absolute atomic E-state index is 0.444. The molecule has 0 aliphatic carbocycles. The highest BCUT2D eigenvalue weighted by Gasteiger charge is 2.14. The van der Waals surface area contributed by atoms with E-state index in [2.05, 4.69) is 43.1 Å². The third-order valence-corrected chi connectivity index (χ3v) is 4.04. The van der Waals surface area contributed by atoms with Crippen molar-refractivity contribution in [1.82, 2.24) is 9.97 Å². The summed E-state index contributed by atoms with van der Waals surface area (Å²) < 4.78 is 0. The van der Waals surface area contributed by atoms with Gasteiger partial charge in [0.1, 0.15) is 0 Å². The van der Waals surface area contributed by atoms with Crippen molar-refractivity contribution in [3.63, 3.8) is 0 Å². The Bertz CT molecular complexity index is 736. The molecule has 3 aromatic rings. The molecular formula is C20H20N2. The lowest BCUT2D eigenvalue weighted by Crippen LogP contribution is -2.01. The summed E-state index contributed by atoms with van der Waals surface area (Å²) in [4.78, 5) is 9.46. The van der Waals surface area contributed by atoms with Gasteiger partial charge in [-0.05, 0) is 17.9 Å². The van der Waals surface area contributed by atoms with E-state index >= 15 is 0 Å². The lowest BCUT2D eigenvalue weighted by atomic mass is 9.95. The molecule has 0 spiro atoms. The zero-order valence-corrected chi connectivity index (χ0v) is 13.0. The molecule has 2 heteroatoms. The Morgan fingerprint density at radius 1 is 0.864 bits per heavy atom. The van der Waals surface area contributed by atoms with Gasteiger partial charge < -0.3 is 0 Å². The van der Waals surface area contributed by atoms with Crippen LogP contribution < -0.4 is 0 Å². The van der Waals surface area contributed by atoms with Crippen LogP contribution in [0, 0.1) is 0 Å². The third-order valence-electron chi connectivity index (χ3n) is 4.04. The van der Waals surface area contributed by atoms with Gasteiger partial charge in [-0.1, -0.05) is 74.5 Å². The summed E-state index contributed by atoms with van der Waals surface area (Å²) in [6, 6.07) is 20.5. The smallest absolute Gasteiger partial charge is 0.159 e. The van der Waals surface area contributed by atoms with Gasteiger partial charge in [0.2, 0.25) is 0 Å². The quantitative estimate of drug-likeness (QED) is 0.649. The van der Waals surface area contributed by atoms with Gasteiger partial charge in [-0.2, -0.15) is 0 Å². The molecule has 0 radical (unpaired) electrons. The minimum atomic E-state index is 0.444. The minimum Gasteiger partial charge on any atom is -0.236 e. The Morgan fingerprint density at radius 2 is 1.45 bits per heavy atom. The average molecular weight is 288 g/mol. The Labute approximate surface area is 131 Å². The van der Waals surface area contributed by atoms with Crippen LogP contribution in [-0.2, 0) is 0 Å². The fourth-order valence-corrected chi connectivity index (χ4v) is 2.53. The molecule has 0 aliphatic heterocycles. The molecular weight excluding hydrogens is 268 g/mol. The molecule has 0 fully saturated rings. The van der Waals surface area contributed by atoms with Gasteiger partial charge in [0.05, 0.1) is 5.69 Å². The van der Waals surface area contributed by atoms with Crippen LogP contribution in [0.5, 0.6) is 0 Å². The zero-order chi connectivity index (χ0) is 15.4. The SMILES string of the molecule is CCC(C)c1cnc(-c2ccccc2)nc1-c1ccccc1. The summed E-state index contributed by atoms with van der Waals surface area (Å²) in [5.74, 6) is 1.23. The van der Waals surface area contributed by atoms with Crippen molar-refractivity contribution in [2.75, 3.05) is 0 Å². The summed E-state index contributed by atoms with van der Waals surface area (Å²) in [7, 11) is 0. The number of rotatable bonds is 4. The molecule has 110 valence electrons. The van der Waals surface area contributed by atoms with Crippen LogP contribution in [-0.4, -0.2) is 9.97 Å². The average Bonchev–Trinajstić information content (AvgIpc) is 2.62. The second-order valence-electron chi connectivity index (χ2n) is 5.54. The molecule has 1 aromatic heterocycles. The molecule has 22 heavy (non-hydrogen) atoms. The van der Waals surface area contributed by atoms with Crippen LogP contribution in [0.15, 0.2) is 66.9 Å². The summed E-state index contributed by atoms with van der Waals surface area (Å²) in [5.41, 5.74) is 4.46. The molecule has 0 saturated carbocycles. The van der Waals surface area contributed by atoms with Gasteiger partial charge in [0.15, 0.2) is 5.82 Å². The van der Waals surface area contributed by atoms with E-state index in [1.165, 1.54) is 5.56 Å². The van der Waals surface area contributed by atoms with E-state index in [1.54, 1.807) is 0 Å². The van der Waals surface area contributed by atoms with Crippen molar-refractivity contribution in [3.8, 4) is 22.6 Å². The van der Waals surface area contributed by atoms with Crippen molar-refractivity contribution in [2.45, 2.75) is 26.2 Å². The molecule has 1 unspecified atom stereocenters. The summed E-state index contributed by atoms with van der Waals surface area (Å²) in [6.45, 7) is 4.43. The zero-order valence-electron chi connectivity index (χ0n) is 13.0. The van der Waals surface area contributed by atoms with E-state index < -0.39 is 0 Å². The number of hydrogen-bond acceptors (Lipinski definition) is 2. The third kappa shape index (κ3) is 2.91. The van der Waals surface area contributed by atoms with E-state index in [0.717, 1.165) is 29.1 Å². The van der Waals surface area contributed by atoms with Crippen molar-refractivity contribution < 1.29 is 0 Å². The van der Waals surface area contributed by atoms with Crippen LogP contribution in [0.2, 0.25) is 0 Å². The Balaban J connectivity index is 2.15. The molecule has 1 atom stereocenters. The lowest BCUT2D eigenvalue weighted by molar-refractivity contribution is 0.727.